The van der Waals surface area contributed by atoms with Crippen LogP contribution in [-0.4, -0.2) is 77.1 Å². The average molecular weight is 861 g/mol. The molecule has 4 aliphatic carbocycles. The standard InChI is InChI=1S/C44H48N2S8/c1-13-25-28-20(3)29-31-26(40-44(54-18-52-40)14-19(2)22(5)45-37(29)44)15-42(24(7)51-17-53-42)34-21(4)30-35(32(28)33(31)34)43(50-12,39(25)48-10)16-27-36(30)46-23(6)41(8,49-11)38(27)47-9/h13-16,24,38-40H,17-18H2,1-12H3/b25-13+/t24-,38+,39-,40+,41-,42-,43+,44-/m1/s1. The Morgan fingerprint density at radius 1 is 0.759 bits per heavy atom. The molecular weight excluding hydrogens is 813 g/mol. The van der Waals surface area contributed by atoms with Crippen LogP contribution in [0.2, 0.25) is 0 Å². The van der Waals surface area contributed by atoms with Gasteiger partial charge in [0.05, 0.1) is 46.1 Å². The van der Waals surface area contributed by atoms with Crippen LogP contribution >= 0.6 is 94.1 Å². The lowest BCUT2D eigenvalue weighted by atomic mass is 9.63. The monoisotopic (exact) mass is 860 g/mol. The summed E-state index contributed by atoms with van der Waals surface area (Å²) in [6.07, 6.45) is 20.0. The Hall–Kier alpha value is -0.460. The summed E-state index contributed by atoms with van der Waals surface area (Å²) in [4.78, 5) is 11.4. The second-order valence-corrected chi connectivity index (χ2v) is 26.0. The van der Waals surface area contributed by atoms with Crippen LogP contribution in [0.4, 0.5) is 0 Å². The molecule has 10 heteroatoms. The summed E-state index contributed by atoms with van der Waals surface area (Å²) < 4.78 is -0.576. The van der Waals surface area contributed by atoms with Gasteiger partial charge in [0.25, 0.3) is 0 Å². The fourth-order valence-electron chi connectivity index (χ4n) is 11.4. The van der Waals surface area contributed by atoms with Gasteiger partial charge in [-0.15, -0.1) is 58.8 Å². The molecule has 54 heavy (non-hydrogen) atoms. The zero-order valence-corrected chi connectivity index (χ0v) is 39.7. The number of aliphatic imine (C=N–C) groups is 2. The summed E-state index contributed by atoms with van der Waals surface area (Å²) >= 11 is 16.8. The van der Waals surface area contributed by atoms with E-state index in [2.05, 4.69) is 164 Å². The zero-order chi connectivity index (χ0) is 38.0. The van der Waals surface area contributed by atoms with Crippen LogP contribution in [0.5, 0.6) is 0 Å². The van der Waals surface area contributed by atoms with Gasteiger partial charge in [0.2, 0.25) is 0 Å². The van der Waals surface area contributed by atoms with Crippen LogP contribution in [0.15, 0.2) is 45.4 Å². The van der Waals surface area contributed by atoms with Gasteiger partial charge in [0.15, 0.2) is 0 Å². The van der Waals surface area contributed by atoms with E-state index in [0.717, 1.165) is 10.2 Å². The molecule has 0 bridgehead atoms. The number of dihydropyridines is 1. The number of thioether (sulfide) groups is 8. The van der Waals surface area contributed by atoms with Crippen molar-refractivity contribution in [2.75, 3.05) is 35.2 Å². The zero-order valence-electron chi connectivity index (χ0n) is 33.2. The molecule has 2 fully saturated rings. The van der Waals surface area contributed by atoms with Crippen LogP contribution in [0.3, 0.4) is 0 Å². The second kappa shape index (κ2) is 12.5. The van der Waals surface area contributed by atoms with Crippen molar-refractivity contribution in [3.63, 3.8) is 0 Å². The van der Waals surface area contributed by atoms with Gasteiger partial charge in [0, 0.05) is 37.3 Å². The fraction of sp³-hybridized carbons (Fsp3) is 0.500. The lowest BCUT2D eigenvalue weighted by Crippen LogP contribution is -2.52. The highest BCUT2D eigenvalue weighted by Gasteiger charge is 2.59. The minimum Gasteiger partial charge on any atom is -0.256 e. The third-order valence-corrected chi connectivity index (χ3v) is 25.7. The first-order valence-corrected chi connectivity index (χ1v) is 28.0. The predicted molar refractivity (Wildman–Crippen MR) is 259 cm³/mol. The Morgan fingerprint density at radius 2 is 1.46 bits per heavy atom. The number of rotatable bonds is 4. The third-order valence-electron chi connectivity index (χ3n) is 14.2. The van der Waals surface area contributed by atoms with Gasteiger partial charge >= 0.3 is 0 Å². The van der Waals surface area contributed by atoms with E-state index in [1.54, 1.807) is 16.5 Å². The lowest BCUT2D eigenvalue weighted by molar-refractivity contribution is 0.736. The molecule has 0 N–H and O–H groups in total. The van der Waals surface area contributed by atoms with Gasteiger partial charge in [-0.25, -0.2) is 0 Å². The van der Waals surface area contributed by atoms with Gasteiger partial charge in [-0.2, -0.15) is 35.3 Å². The van der Waals surface area contributed by atoms with E-state index in [0.29, 0.717) is 15.7 Å². The normalized spacial score (nSPS) is 37.6. The van der Waals surface area contributed by atoms with Crippen molar-refractivity contribution in [3.05, 3.63) is 79.3 Å². The molecule has 2 nitrogen and oxygen atoms in total. The van der Waals surface area contributed by atoms with E-state index in [-0.39, 0.29) is 24.2 Å². The Bertz CT molecular complexity index is 2490. The van der Waals surface area contributed by atoms with Crippen LogP contribution in [-0.2, 0) is 9.49 Å². The molecule has 10 rings (SSSR count). The number of fused-ring (bicyclic) bond motifs is 3. The molecular formula is C44H48N2S8. The Balaban J connectivity index is 1.54. The van der Waals surface area contributed by atoms with Gasteiger partial charge in [-0.3, -0.25) is 9.98 Å². The van der Waals surface area contributed by atoms with Crippen molar-refractivity contribution < 1.29 is 0 Å². The highest BCUT2D eigenvalue weighted by molar-refractivity contribution is 8.21. The maximum Gasteiger partial charge on any atom is 0.0939 e. The number of nitrogens with zero attached hydrogens (tertiary/aromatic N) is 2. The first kappa shape index (κ1) is 37.8. The summed E-state index contributed by atoms with van der Waals surface area (Å²) in [5.74, 6) is 0. The first-order chi connectivity index (χ1) is 25.8. The van der Waals surface area contributed by atoms with E-state index in [1.807, 2.05) is 35.3 Å². The Kier molecular flexibility index (Phi) is 8.77. The molecule has 2 spiro atoms. The van der Waals surface area contributed by atoms with Crippen LogP contribution in [0.1, 0.15) is 74.9 Å². The fourth-order valence-corrected chi connectivity index (χ4v) is 23.5. The van der Waals surface area contributed by atoms with Crippen molar-refractivity contribution in [1.82, 2.24) is 0 Å². The molecule has 0 amide bonds. The molecule has 8 aliphatic rings. The van der Waals surface area contributed by atoms with Crippen molar-refractivity contribution >= 4 is 139 Å². The largest absolute Gasteiger partial charge is 0.256 e. The first-order valence-electron chi connectivity index (χ1n) is 18.9. The SMILES string of the molecule is C/C=C1\c2c(C)c3c4c5c(c(C)c6c(c25)[C@@](SC)(C=C2C=6N=C(C)[C@@](C)(SC)[C@H]2SC)[C@@H]1SC)[C@]1(C=C4[C@@H]2SCS[C@@]24C=C(C)C(C)=NC=34)SCS[C@@H]1C. The van der Waals surface area contributed by atoms with Gasteiger partial charge in [-0.1, -0.05) is 31.2 Å². The van der Waals surface area contributed by atoms with E-state index in [9.17, 15) is 0 Å². The third kappa shape index (κ3) is 4.22. The number of allylic oxidation sites excluding steroid dienone is 2. The Labute approximate surface area is 355 Å². The van der Waals surface area contributed by atoms with Crippen LogP contribution < -0.4 is 10.4 Å². The summed E-state index contributed by atoms with van der Waals surface area (Å²) in [7, 11) is 0. The van der Waals surface area contributed by atoms with Crippen molar-refractivity contribution in [2.45, 2.75) is 95.4 Å². The lowest BCUT2D eigenvalue weighted by Gasteiger charge is -2.52. The molecule has 4 heterocycles. The van der Waals surface area contributed by atoms with Crippen molar-refractivity contribution in [1.29, 1.82) is 0 Å². The van der Waals surface area contributed by atoms with E-state index >= 15 is 0 Å². The van der Waals surface area contributed by atoms with Gasteiger partial charge in [-0.05, 0) is 140 Å². The van der Waals surface area contributed by atoms with Gasteiger partial charge in [0.1, 0.15) is 0 Å². The predicted octanol–water partition coefficient (Wildman–Crippen LogP) is 11.0. The maximum absolute atomic E-state index is 5.76. The average Bonchev–Trinajstić information content (AvgIpc) is 3.75. The molecule has 8 atom stereocenters. The Morgan fingerprint density at radius 3 is 2.11 bits per heavy atom. The summed E-state index contributed by atoms with van der Waals surface area (Å²) in [5.41, 5.74) is 19.8. The van der Waals surface area contributed by atoms with E-state index in [4.69, 9.17) is 9.98 Å². The summed E-state index contributed by atoms with van der Waals surface area (Å²) in [6.45, 7) is 19.0. The second-order valence-electron chi connectivity index (χ2n) is 16.1. The van der Waals surface area contributed by atoms with Gasteiger partial charge < -0.3 is 0 Å². The topological polar surface area (TPSA) is 24.7 Å². The number of benzene rings is 2. The minimum atomic E-state index is -0.235. The summed E-state index contributed by atoms with van der Waals surface area (Å²) in [6, 6.07) is 0. The molecule has 4 aliphatic heterocycles. The van der Waals surface area contributed by atoms with Crippen molar-refractivity contribution in [3.8, 4) is 0 Å². The maximum atomic E-state index is 5.76. The highest BCUT2D eigenvalue weighted by atomic mass is 32.2. The molecule has 0 aromatic heterocycles. The number of hydrogen-bond acceptors (Lipinski definition) is 10. The summed E-state index contributed by atoms with van der Waals surface area (Å²) in [5, 5.41) is 9.50. The van der Waals surface area contributed by atoms with E-state index < -0.39 is 0 Å². The number of hydrogen-bond donors (Lipinski definition) is 0. The quantitative estimate of drug-likeness (QED) is 0.300. The highest BCUT2D eigenvalue weighted by Crippen LogP contribution is 2.68. The van der Waals surface area contributed by atoms with E-state index in [1.165, 1.54) is 83.2 Å². The van der Waals surface area contributed by atoms with Crippen molar-refractivity contribution in [2.24, 2.45) is 9.98 Å². The molecule has 0 radical (unpaired) electrons. The molecule has 2 aromatic carbocycles. The minimum absolute atomic E-state index is 0.0733. The molecule has 2 aromatic rings. The molecule has 282 valence electrons. The molecule has 2 saturated heterocycles. The van der Waals surface area contributed by atoms with Crippen LogP contribution in [0, 0.1) is 13.8 Å². The molecule has 0 unspecified atom stereocenters. The smallest absolute Gasteiger partial charge is 0.0939 e. The molecule has 0 saturated carbocycles. The van der Waals surface area contributed by atoms with Crippen LogP contribution in [0.25, 0.3) is 33.3 Å².